The van der Waals surface area contributed by atoms with Crippen LogP contribution in [0.5, 0.6) is 0 Å². The van der Waals surface area contributed by atoms with Crippen molar-refractivity contribution in [2.45, 2.75) is 53.0 Å². The Bertz CT molecular complexity index is 195. The van der Waals surface area contributed by atoms with E-state index in [1.807, 2.05) is 0 Å². The molecular formula is C13H27NO. The zero-order valence-corrected chi connectivity index (χ0v) is 11.0. The number of likely N-dealkylation sites (N-methyl/N-ethyl adjacent to an activating group) is 1. The summed E-state index contributed by atoms with van der Waals surface area (Å²) in [7, 11) is 2.15. The molecule has 2 heteroatoms. The average molecular weight is 213 g/mol. The smallest absolute Gasteiger partial charge is 0.0558 e. The third-order valence-electron chi connectivity index (χ3n) is 4.02. The van der Waals surface area contributed by atoms with E-state index in [2.05, 4.69) is 39.6 Å². The molecule has 0 bridgehead atoms. The van der Waals surface area contributed by atoms with Crippen LogP contribution in [0.3, 0.4) is 0 Å². The molecule has 0 atom stereocenters. The molecule has 90 valence electrons. The molecule has 1 fully saturated rings. The van der Waals surface area contributed by atoms with Crippen molar-refractivity contribution >= 4 is 0 Å². The normalized spacial score (nSPS) is 25.8. The Morgan fingerprint density at radius 1 is 1.13 bits per heavy atom. The van der Waals surface area contributed by atoms with E-state index >= 15 is 0 Å². The van der Waals surface area contributed by atoms with Crippen LogP contribution in [0.4, 0.5) is 0 Å². The van der Waals surface area contributed by atoms with E-state index in [-0.39, 0.29) is 6.61 Å². The lowest BCUT2D eigenvalue weighted by molar-refractivity contribution is -0.0307. The molecule has 1 N–H and O–H groups in total. The van der Waals surface area contributed by atoms with Gasteiger partial charge in [-0.1, -0.05) is 34.1 Å². The summed E-state index contributed by atoms with van der Waals surface area (Å²) in [4.78, 5) is 2.35. The van der Waals surface area contributed by atoms with Gasteiger partial charge in [0.05, 0.1) is 6.61 Å². The Kier molecular flexibility index (Phi) is 3.83. The molecule has 0 aromatic carbocycles. The summed E-state index contributed by atoms with van der Waals surface area (Å²) in [5.74, 6) is 0. The van der Waals surface area contributed by atoms with Gasteiger partial charge in [0.15, 0.2) is 0 Å². The minimum absolute atomic E-state index is 0.263. The monoisotopic (exact) mass is 213 g/mol. The predicted molar refractivity (Wildman–Crippen MR) is 64.9 cm³/mol. The van der Waals surface area contributed by atoms with Crippen LogP contribution in [0, 0.1) is 10.8 Å². The number of aliphatic hydroxyl groups is 1. The minimum Gasteiger partial charge on any atom is -0.395 e. The van der Waals surface area contributed by atoms with Crippen LogP contribution in [0.25, 0.3) is 0 Å². The van der Waals surface area contributed by atoms with Gasteiger partial charge in [0, 0.05) is 12.6 Å². The summed E-state index contributed by atoms with van der Waals surface area (Å²) >= 11 is 0. The fourth-order valence-corrected chi connectivity index (χ4v) is 3.81. The van der Waals surface area contributed by atoms with Crippen molar-refractivity contribution in [2.75, 3.05) is 20.2 Å². The molecule has 1 aliphatic rings. The van der Waals surface area contributed by atoms with Crippen molar-refractivity contribution in [3.05, 3.63) is 0 Å². The first kappa shape index (κ1) is 13.0. The highest BCUT2D eigenvalue weighted by Crippen LogP contribution is 2.48. The van der Waals surface area contributed by atoms with Crippen LogP contribution >= 0.6 is 0 Å². The second kappa shape index (κ2) is 4.42. The van der Waals surface area contributed by atoms with Crippen molar-refractivity contribution < 1.29 is 5.11 Å². The molecule has 0 unspecified atom stereocenters. The predicted octanol–water partition coefficient (Wildman–Crippen LogP) is 2.52. The Morgan fingerprint density at radius 3 is 2.00 bits per heavy atom. The van der Waals surface area contributed by atoms with E-state index in [1.165, 1.54) is 19.3 Å². The molecule has 0 saturated heterocycles. The van der Waals surface area contributed by atoms with E-state index in [0.717, 1.165) is 6.54 Å². The molecule has 0 aromatic heterocycles. The molecule has 0 amide bonds. The highest BCUT2D eigenvalue weighted by atomic mass is 16.3. The molecule has 0 heterocycles. The third-order valence-corrected chi connectivity index (χ3v) is 4.02. The van der Waals surface area contributed by atoms with Crippen molar-refractivity contribution in [3.63, 3.8) is 0 Å². The van der Waals surface area contributed by atoms with Crippen LogP contribution in [0.1, 0.15) is 47.0 Å². The highest BCUT2D eigenvalue weighted by Gasteiger charge is 2.45. The minimum atomic E-state index is 0.263. The van der Waals surface area contributed by atoms with Gasteiger partial charge in [-0.25, -0.2) is 0 Å². The van der Waals surface area contributed by atoms with Crippen molar-refractivity contribution in [3.8, 4) is 0 Å². The highest BCUT2D eigenvalue weighted by molar-refractivity contribution is 4.98. The Labute approximate surface area is 94.7 Å². The van der Waals surface area contributed by atoms with Gasteiger partial charge in [-0.2, -0.15) is 0 Å². The van der Waals surface area contributed by atoms with Gasteiger partial charge in [0.1, 0.15) is 0 Å². The summed E-state index contributed by atoms with van der Waals surface area (Å²) in [6.45, 7) is 10.5. The first-order valence-corrected chi connectivity index (χ1v) is 6.12. The van der Waals surface area contributed by atoms with Gasteiger partial charge < -0.3 is 10.0 Å². The summed E-state index contributed by atoms with van der Waals surface area (Å²) in [6.07, 6.45) is 3.94. The average Bonchev–Trinajstić information content (AvgIpc) is 2.00. The number of rotatable bonds is 3. The molecule has 0 aliphatic heterocycles. The van der Waals surface area contributed by atoms with Crippen LogP contribution < -0.4 is 0 Å². The zero-order valence-electron chi connectivity index (χ0n) is 11.0. The maximum Gasteiger partial charge on any atom is 0.0558 e. The van der Waals surface area contributed by atoms with E-state index in [0.29, 0.717) is 16.9 Å². The first-order valence-electron chi connectivity index (χ1n) is 6.12. The maximum absolute atomic E-state index is 9.07. The molecule has 1 rings (SSSR count). The van der Waals surface area contributed by atoms with Crippen molar-refractivity contribution in [2.24, 2.45) is 10.8 Å². The van der Waals surface area contributed by atoms with Gasteiger partial charge in [0.2, 0.25) is 0 Å². The second-order valence-electron chi connectivity index (χ2n) is 6.44. The van der Waals surface area contributed by atoms with Crippen LogP contribution in [0.15, 0.2) is 0 Å². The standard InChI is InChI=1S/C13H27NO/c1-12(2)7-6-8-13(3,4)11(12)14(5)9-10-15/h11,15H,6-10H2,1-5H3. The topological polar surface area (TPSA) is 23.5 Å². The largest absolute Gasteiger partial charge is 0.395 e. The molecule has 0 radical (unpaired) electrons. The lowest BCUT2D eigenvalue weighted by atomic mass is 9.60. The van der Waals surface area contributed by atoms with Crippen molar-refractivity contribution in [1.29, 1.82) is 0 Å². The van der Waals surface area contributed by atoms with Gasteiger partial charge in [0.25, 0.3) is 0 Å². The maximum atomic E-state index is 9.07. The Morgan fingerprint density at radius 2 is 1.60 bits per heavy atom. The van der Waals surface area contributed by atoms with Crippen LogP contribution in [-0.4, -0.2) is 36.2 Å². The molecule has 0 aromatic rings. The number of nitrogens with zero attached hydrogens (tertiary/aromatic N) is 1. The SMILES string of the molecule is CN(CCO)C1C(C)(C)CCCC1(C)C. The number of aliphatic hydroxyl groups excluding tert-OH is 1. The summed E-state index contributed by atoms with van der Waals surface area (Å²) < 4.78 is 0. The first-order chi connectivity index (χ1) is 6.81. The molecule has 1 saturated carbocycles. The van der Waals surface area contributed by atoms with Gasteiger partial charge >= 0.3 is 0 Å². The number of hydrogen-bond acceptors (Lipinski definition) is 2. The van der Waals surface area contributed by atoms with Gasteiger partial charge in [-0.15, -0.1) is 0 Å². The molecule has 15 heavy (non-hydrogen) atoms. The van der Waals surface area contributed by atoms with Crippen LogP contribution in [-0.2, 0) is 0 Å². The van der Waals surface area contributed by atoms with E-state index < -0.39 is 0 Å². The fourth-order valence-electron chi connectivity index (χ4n) is 3.81. The summed E-state index contributed by atoms with van der Waals surface area (Å²) in [5.41, 5.74) is 0.733. The van der Waals surface area contributed by atoms with Gasteiger partial charge in [-0.3, -0.25) is 0 Å². The van der Waals surface area contributed by atoms with Crippen molar-refractivity contribution in [1.82, 2.24) is 4.90 Å². The summed E-state index contributed by atoms with van der Waals surface area (Å²) in [5, 5.41) is 9.07. The van der Waals surface area contributed by atoms with E-state index in [1.54, 1.807) is 0 Å². The Hall–Kier alpha value is -0.0800. The quantitative estimate of drug-likeness (QED) is 0.778. The fraction of sp³-hybridized carbons (Fsp3) is 1.00. The molecule has 0 spiro atoms. The third kappa shape index (κ3) is 2.73. The van der Waals surface area contributed by atoms with E-state index in [9.17, 15) is 0 Å². The van der Waals surface area contributed by atoms with E-state index in [4.69, 9.17) is 5.11 Å². The lowest BCUT2D eigenvalue weighted by Crippen LogP contribution is -2.55. The second-order valence-corrected chi connectivity index (χ2v) is 6.44. The molecule has 2 nitrogen and oxygen atoms in total. The molecule has 1 aliphatic carbocycles. The summed E-state index contributed by atoms with van der Waals surface area (Å²) in [6, 6.07) is 0.575. The molecular weight excluding hydrogens is 186 g/mol. The van der Waals surface area contributed by atoms with Crippen LogP contribution in [0.2, 0.25) is 0 Å². The van der Waals surface area contributed by atoms with Gasteiger partial charge in [-0.05, 0) is 30.7 Å². The lowest BCUT2D eigenvalue weighted by Gasteiger charge is -2.53. The Balaban J connectivity index is 2.85. The number of hydrogen-bond donors (Lipinski definition) is 1. The zero-order chi connectivity index (χ0) is 11.7.